The molecule has 6 nitrogen and oxygen atoms in total. The molecule has 25 heavy (non-hydrogen) atoms. The Bertz CT molecular complexity index is 724. The Morgan fingerprint density at radius 1 is 1.16 bits per heavy atom. The number of hydrogen-bond donors (Lipinski definition) is 0. The van der Waals surface area contributed by atoms with Crippen molar-refractivity contribution in [3.05, 3.63) is 35.0 Å². The minimum atomic E-state index is 0.372. The SMILES string of the molecule is Cn1c(CN2CCCC2)nnc1C1CCCN(c2ncccc2Cl)C1. The number of halogens is 1. The van der Waals surface area contributed by atoms with Gasteiger partial charge in [0, 0.05) is 32.3 Å². The summed E-state index contributed by atoms with van der Waals surface area (Å²) < 4.78 is 2.20. The van der Waals surface area contributed by atoms with Crippen LogP contribution in [0.4, 0.5) is 5.82 Å². The standard InChI is InChI=1S/C18H25ClN6/c1-23-16(13-24-9-2-3-10-24)21-22-17(23)14-6-5-11-25(12-14)18-15(19)7-4-8-20-18/h4,7-8,14H,2-3,5-6,9-13H2,1H3. The third-order valence-electron chi connectivity index (χ3n) is 5.39. The molecular formula is C18H25ClN6. The van der Waals surface area contributed by atoms with Gasteiger partial charge in [0.15, 0.2) is 0 Å². The molecule has 2 aromatic heterocycles. The van der Waals surface area contributed by atoms with Crippen molar-refractivity contribution in [3.63, 3.8) is 0 Å². The van der Waals surface area contributed by atoms with Crippen molar-refractivity contribution < 1.29 is 0 Å². The smallest absolute Gasteiger partial charge is 0.147 e. The highest BCUT2D eigenvalue weighted by molar-refractivity contribution is 6.32. The van der Waals surface area contributed by atoms with E-state index in [0.29, 0.717) is 5.92 Å². The van der Waals surface area contributed by atoms with E-state index in [2.05, 4.69) is 36.6 Å². The fourth-order valence-electron chi connectivity index (χ4n) is 4.00. The summed E-state index contributed by atoms with van der Waals surface area (Å²) in [4.78, 5) is 9.22. The number of aromatic nitrogens is 4. The maximum atomic E-state index is 6.34. The maximum absolute atomic E-state index is 6.34. The van der Waals surface area contributed by atoms with Gasteiger partial charge in [-0.05, 0) is 50.9 Å². The molecule has 2 aliphatic heterocycles. The lowest BCUT2D eigenvalue weighted by molar-refractivity contribution is 0.317. The molecule has 2 fully saturated rings. The van der Waals surface area contributed by atoms with E-state index in [-0.39, 0.29) is 0 Å². The van der Waals surface area contributed by atoms with Crippen molar-refractivity contribution in [2.75, 3.05) is 31.1 Å². The predicted octanol–water partition coefficient (Wildman–Crippen LogP) is 2.84. The van der Waals surface area contributed by atoms with E-state index in [9.17, 15) is 0 Å². The first kappa shape index (κ1) is 16.8. The van der Waals surface area contributed by atoms with Crippen LogP contribution in [0.1, 0.15) is 43.3 Å². The number of pyridine rings is 1. The third-order valence-corrected chi connectivity index (χ3v) is 5.68. The molecule has 134 valence electrons. The molecule has 0 aromatic carbocycles. The molecule has 2 saturated heterocycles. The fraction of sp³-hybridized carbons (Fsp3) is 0.611. The van der Waals surface area contributed by atoms with Gasteiger partial charge in [-0.25, -0.2) is 4.98 Å². The van der Waals surface area contributed by atoms with Gasteiger partial charge in [-0.15, -0.1) is 10.2 Å². The van der Waals surface area contributed by atoms with Crippen LogP contribution in [-0.2, 0) is 13.6 Å². The number of hydrogen-bond acceptors (Lipinski definition) is 5. The van der Waals surface area contributed by atoms with Crippen molar-refractivity contribution >= 4 is 17.4 Å². The molecule has 4 heterocycles. The Morgan fingerprint density at radius 2 is 2.00 bits per heavy atom. The molecule has 4 rings (SSSR count). The molecular weight excluding hydrogens is 336 g/mol. The first-order chi connectivity index (χ1) is 12.2. The summed E-state index contributed by atoms with van der Waals surface area (Å²) in [6.07, 6.45) is 6.66. The Hall–Kier alpha value is -1.66. The average molecular weight is 361 g/mol. The first-order valence-electron chi connectivity index (χ1n) is 9.18. The van der Waals surface area contributed by atoms with Gasteiger partial charge in [0.05, 0.1) is 11.6 Å². The maximum Gasteiger partial charge on any atom is 0.147 e. The molecule has 0 radical (unpaired) electrons. The van der Waals surface area contributed by atoms with Crippen molar-refractivity contribution in [2.45, 2.75) is 38.1 Å². The van der Waals surface area contributed by atoms with Crippen molar-refractivity contribution in [1.82, 2.24) is 24.6 Å². The van der Waals surface area contributed by atoms with Crippen LogP contribution >= 0.6 is 11.6 Å². The molecule has 0 spiro atoms. The van der Waals surface area contributed by atoms with E-state index in [1.54, 1.807) is 6.20 Å². The molecule has 7 heteroatoms. The zero-order chi connectivity index (χ0) is 17.2. The summed E-state index contributed by atoms with van der Waals surface area (Å²) in [6, 6.07) is 3.78. The second-order valence-corrected chi connectivity index (χ2v) is 7.52. The summed E-state index contributed by atoms with van der Waals surface area (Å²) in [7, 11) is 2.10. The molecule has 1 unspecified atom stereocenters. The van der Waals surface area contributed by atoms with Gasteiger partial charge in [-0.2, -0.15) is 0 Å². The van der Waals surface area contributed by atoms with Gasteiger partial charge in [-0.1, -0.05) is 11.6 Å². The number of likely N-dealkylation sites (tertiary alicyclic amines) is 1. The van der Waals surface area contributed by atoms with Crippen LogP contribution < -0.4 is 4.90 Å². The molecule has 2 aromatic rings. The summed E-state index contributed by atoms with van der Waals surface area (Å²) in [5.74, 6) is 3.42. The zero-order valence-electron chi connectivity index (χ0n) is 14.7. The van der Waals surface area contributed by atoms with E-state index in [1.807, 2.05) is 12.1 Å². The Balaban J connectivity index is 1.50. The van der Waals surface area contributed by atoms with Gasteiger partial charge in [0.2, 0.25) is 0 Å². The van der Waals surface area contributed by atoms with Crippen LogP contribution in [0.2, 0.25) is 5.02 Å². The Kier molecular flexibility index (Phi) is 4.90. The van der Waals surface area contributed by atoms with E-state index in [0.717, 1.165) is 55.0 Å². The van der Waals surface area contributed by atoms with Crippen molar-refractivity contribution in [1.29, 1.82) is 0 Å². The third kappa shape index (κ3) is 3.51. The molecule has 0 amide bonds. The van der Waals surface area contributed by atoms with Crippen molar-refractivity contribution in [3.8, 4) is 0 Å². The minimum absolute atomic E-state index is 0.372. The van der Waals surface area contributed by atoms with Crippen LogP contribution in [0.3, 0.4) is 0 Å². The lowest BCUT2D eigenvalue weighted by Crippen LogP contribution is -2.36. The van der Waals surface area contributed by atoms with E-state index >= 15 is 0 Å². The van der Waals surface area contributed by atoms with E-state index in [4.69, 9.17) is 11.6 Å². The first-order valence-corrected chi connectivity index (χ1v) is 9.56. The summed E-state index contributed by atoms with van der Waals surface area (Å²) in [6.45, 7) is 5.15. The van der Waals surface area contributed by atoms with Crippen molar-refractivity contribution in [2.24, 2.45) is 7.05 Å². The van der Waals surface area contributed by atoms with Crippen LogP contribution in [0.5, 0.6) is 0 Å². The molecule has 0 N–H and O–H groups in total. The van der Waals surface area contributed by atoms with E-state index < -0.39 is 0 Å². The average Bonchev–Trinajstić information content (AvgIpc) is 3.27. The highest BCUT2D eigenvalue weighted by Gasteiger charge is 2.28. The Morgan fingerprint density at radius 3 is 2.80 bits per heavy atom. The highest BCUT2D eigenvalue weighted by Crippen LogP contribution is 2.31. The normalized spacial score (nSPS) is 21.8. The van der Waals surface area contributed by atoms with Gasteiger partial charge in [-0.3, -0.25) is 4.90 Å². The lowest BCUT2D eigenvalue weighted by Gasteiger charge is -2.33. The second kappa shape index (κ2) is 7.30. The topological polar surface area (TPSA) is 50.1 Å². The molecule has 0 aliphatic carbocycles. The molecule has 0 bridgehead atoms. The van der Waals surface area contributed by atoms with Gasteiger partial charge < -0.3 is 9.47 Å². The molecule has 1 atom stereocenters. The van der Waals surface area contributed by atoms with Crippen LogP contribution in [0.15, 0.2) is 18.3 Å². The van der Waals surface area contributed by atoms with Gasteiger partial charge in [0.1, 0.15) is 17.5 Å². The summed E-state index contributed by atoms with van der Waals surface area (Å²) in [5.41, 5.74) is 0. The van der Waals surface area contributed by atoms with Gasteiger partial charge >= 0.3 is 0 Å². The highest BCUT2D eigenvalue weighted by atomic mass is 35.5. The number of nitrogens with zero attached hydrogens (tertiary/aromatic N) is 6. The van der Waals surface area contributed by atoms with Crippen LogP contribution in [-0.4, -0.2) is 50.8 Å². The Labute approximate surface area is 153 Å². The largest absolute Gasteiger partial charge is 0.355 e. The quantitative estimate of drug-likeness (QED) is 0.839. The summed E-state index contributed by atoms with van der Waals surface area (Å²) in [5, 5.41) is 9.74. The van der Waals surface area contributed by atoms with Crippen LogP contribution in [0.25, 0.3) is 0 Å². The van der Waals surface area contributed by atoms with Crippen LogP contribution in [0, 0.1) is 0 Å². The number of rotatable bonds is 4. The lowest BCUT2D eigenvalue weighted by atomic mass is 9.97. The number of anilines is 1. The van der Waals surface area contributed by atoms with Gasteiger partial charge in [0.25, 0.3) is 0 Å². The summed E-state index contributed by atoms with van der Waals surface area (Å²) >= 11 is 6.34. The molecule has 2 aliphatic rings. The predicted molar refractivity (Wildman–Crippen MR) is 98.9 cm³/mol. The number of piperidine rings is 1. The fourth-order valence-corrected chi connectivity index (χ4v) is 4.24. The molecule has 0 saturated carbocycles. The van der Waals surface area contributed by atoms with E-state index in [1.165, 1.54) is 25.9 Å². The zero-order valence-corrected chi connectivity index (χ0v) is 15.5. The monoisotopic (exact) mass is 360 g/mol. The second-order valence-electron chi connectivity index (χ2n) is 7.11. The minimum Gasteiger partial charge on any atom is -0.355 e.